The van der Waals surface area contributed by atoms with Crippen molar-refractivity contribution in [1.29, 1.82) is 0 Å². The minimum Gasteiger partial charge on any atom is -0.479 e. The number of hydrogen-bond acceptors (Lipinski definition) is 4. The molecule has 0 unspecified atom stereocenters. The lowest BCUT2D eigenvalue weighted by Crippen LogP contribution is -2.58. The number of aliphatic carboxylic acids is 1. The van der Waals surface area contributed by atoms with Crippen LogP contribution >= 0.6 is 0 Å². The summed E-state index contributed by atoms with van der Waals surface area (Å²) in [6.45, 7) is 4.99. The van der Waals surface area contributed by atoms with E-state index < -0.39 is 23.1 Å². The molecule has 5 nitrogen and oxygen atoms in total. The molecule has 0 aliphatic rings. The topological polar surface area (TPSA) is 89.6 Å². The van der Waals surface area contributed by atoms with Crippen LogP contribution in [-0.2, 0) is 20.7 Å². The maximum Gasteiger partial charge on any atom is 0.338 e. The lowest BCUT2D eigenvalue weighted by Gasteiger charge is -2.28. The third-order valence-electron chi connectivity index (χ3n) is 2.47. The first kappa shape index (κ1) is 15.2. The Balaban J connectivity index is 2.98. The van der Waals surface area contributed by atoms with Crippen molar-refractivity contribution in [2.45, 2.75) is 38.3 Å². The lowest BCUT2D eigenvalue weighted by molar-refractivity contribution is -0.169. The van der Waals surface area contributed by atoms with Gasteiger partial charge in [-0.3, -0.25) is 0 Å². The van der Waals surface area contributed by atoms with Gasteiger partial charge in [-0.15, -0.1) is 0 Å². The van der Waals surface area contributed by atoms with Crippen molar-refractivity contribution in [2.24, 2.45) is 5.73 Å². The highest BCUT2D eigenvalue weighted by Crippen LogP contribution is 2.18. The van der Waals surface area contributed by atoms with Gasteiger partial charge in [-0.1, -0.05) is 30.3 Å². The molecule has 3 N–H and O–H groups in total. The number of carboxylic acid groups (broad SMARTS) is 1. The predicted molar refractivity (Wildman–Crippen MR) is 70.5 cm³/mol. The summed E-state index contributed by atoms with van der Waals surface area (Å²) in [5.41, 5.74) is 3.56. The van der Waals surface area contributed by atoms with Crippen LogP contribution in [0.5, 0.6) is 0 Å². The first-order chi connectivity index (χ1) is 8.65. The summed E-state index contributed by atoms with van der Waals surface area (Å²) in [6, 6.07) is 8.75. The molecule has 0 aliphatic heterocycles. The van der Waals surface area contributed by atoms with Crippen molar-refractivity contribution in [2.75, 3.05) is 0 Å². The van der Waals surface area contributed by atoms with Gasteiger partial charge in [0.25, 0.3) is 0 Å². The molecule has 0 fully saturated rings. The fourth-order valence-corrected chi connectivity index (χ4v) is 1.52. The quantitative estimate of drug-likeness (QED) is 0.633. The highest BCUT2D eigenvalue weighted by molar-refractivity contribution is 6.04. The van der Waals surface area contributed by atoms with Crippen molar-refractivity contribution in [3.63, 3.8) is 0 Å². The number of ether oxygens (including phenoxy) is 1. The maximum atomic E-state index is 12.0. The molecule has 0 radical (unpaired) electrons. The molecule has 0 amide bonds. The maximum absolute atomic E-state index is 12.0. The van der Waals surface area contributed by atoms with Crippen LogP contribution in [0.1, 0.15) is 26.3 Å². The summed E-state index contributed by atoms with van der Waals surface area (Å²) in [5.74, 6) is -2.33. The summed E-state index contributed by atoms with van der Waals surface area (Å²) >= 11 is 0. The fraction of sp³-hybridized carbons (Fsp3) is 0.429. The zero-order valence-corrected chi connectivity index (χ0v) is 11.3. The third-order valence-corrected chi connectivity index (χ3v) is 2.47. The lowest BCUT2D eigenvalue weighted by atomic mass is 9.91. The molecule has 0 saturated carbocycles. The monoisotopic (exact) mass is 265 g/mol. The van der Waals surface area contributed by atoms with Crippen molar-refractivity contribution in [1.82, 2.24) is 0 Å². The van der Waals surface area contributed by atoms with Crippen LogP contribution in [0, 0.1) is 0 Å². The first-order valence-electron chi connectivity index (χ1n) is 5.95. The van der Waals surface area contributed by atoms with Gasteiger partial charge < -0.3 is 15.6 Å². The Hall–Kier alpha value is -1.88. The molecular formula is C14H19NO4. The van der Waals surface area contributed by atoms with E-state index in [1.807, 2.05) is 0 Å². The zero-order valence-electron chi connectivity index (χ0n) is 11.3. The Bertz CT molecular complexity index is 464. The second kappa shape index (κ2) is 5.40. The van der Waals surface area contributed by atoms with Crippen LogP contribution in [0.25, 0.3) is 0 Å². The molecule has 0 heterocycles. The van der Waals surface area contributed by atoms with E-state index in [0.29, 0.717) is 5.56 Å². The molecule has 1 aromatic carbocycles. The van der Waals surface area contributed by atoms with Crippen LogP contribution in [0.2, 0.25) is 0 Å². The molecule has 5 heteroatoms. The van der Waals surface area contributed by atoms with Gasteiger partial charge in [0.1, 0.15) is 5.60 Å². The smallest absolute Gasteiger partial charge is 0.338 e. The SMILES string of the molecule is CC(C)(C)OC(=O)[C@](N)(Cc1ccccc1)C(=O)O. The molecule has 0 saturated heterocycles. The summed E-state index contributed by atoms with van der Waals surface area (Å²) in [4.78, 5) is 23.3. The van der Waals surface area contributed by atoms with Crippen molar-refractivity contribution in [3.8, 4) is 0 Å². The molecule has 1 rings (SSSR count). The van der Waals surface area contributed by atoms with E-state index in [0.717, 1.165) is 0 Å². The second-order valence-corrected chi connectivity index (χ2v) is 5.44. The Morgan fingerprint density at radius 3 is 2.16 bits per heavy atom. The first-order valence-corrected chi connectivity index (χ1v) is 5.95. The van der Waals surface area contributed by atoms with E-state index in [4.69, 9.17) is 10.5 Å². The van der Waals surface area contributed by atoms with Crippen molar-refractivity contribution >= 4 is 11.9 Å². The van der Waals surface area contributed by atoms with E-state index >= 15 is 0 Å². The second-order valence-electron chi connectivity index (χ2n) is 5.44. The molecule has 0 aromatic heterocycles. The Morgan fingerprint density at radius 2 is 1.74 bits per heavy atom. The third kappa shape index (κ3) is 4.06. The zero-order chi connectivity index (χ0) is 14.7. The van der Waals surface area contributed by atoms with Crippen LogP contribution < -0.4 is 5.73 Å². The summed E-state index contributed by atoms with van der Waals surface area (Å²) in [5, 5.41) is 9.24. The van der Waals surface area contributed by atoms with E-state index in [-0.39, 0.29) is 6.42 Å². The van der Waals surface area contributed by atoms with Crippen LogP contribution in [0.3, 0.4) is 0 Å². The Kier molecular flexibility index (Phi) is 4.32. The van der Waals surface area contributed by atoms with Gasteiger partial charge >= 0.3 is 11.9 Å². The summed E-state index contributed by atoms with van der Waals surface area (Å²) in [7, 11) is 0. The molecule has 0 spiro atoms. The summed E-state index contributed by atoms with van der Waals surface area (Å²) < 4.78 is 5.09. The van der Waals surface area contributed by atoms with Gasteiger partial charge in [-0.05, 0) is 26.3 Å². The number of esters is 1. The molecule has 1 atom stereocenters. The van der Waals surface area contributed by atoms with Crippen molar-refractivity contribution in [3.05, 3.63) is 35.9 Å². The molecule has 104 valence electrons. The van der Waals surface area contributed by atoms with E-state index in [1.165, 1.54) is 0 Å². The fourth-order valence-electron chi connectivity index (χ4n) is 1.52. The Labute approximate surface area is 112 Å². The van der Waals surface area contributed by atoms with Gasteiger partial charge in [0, 0.05) is 6.42 Å². The average Bonchev–Trinajstić information content (AvgIpc) is 2.27. The van der Waals surface area contributed by atoms with Gasteiger partial charge in [-0.2, -0.15) is 0 Å². The van der Waals surface area contributed by atoms with E-state index in [1.54, 1.807) is 51.1 Å². The predicted octanol–water partition coefficient (Wildman–Crippen LogP) is 1.35. The highest BCUT2D eigenvalue weighted by atomic mass is 16.6. The standard InChI is InChI=1S/C14H19NO4/c1-13(2,3)19-12(18)14(15,11(16)17)9-10-7-5-4-6-8-10/h4-8H,9,15H2,1-3H3,(H,16,17)/t14-/m0/s1. The molecule has 1 aromatic rings. The number of carbonyl (C=O) groups excluding carboxylic acids is 1. The molecule has 19 heavy (non-hydrogen) atoms. The summed E-state index contributed by atoms with van der Waals surface area (Å²) in [6.07, 6.45) is -0.113. The van der Waals surface area contributed by atoms with Crippen LogP contribution in [-0.4, -0.2) is 28.2 Å². The number of rotatable bonds is 4. The van der Waals surface area contributed by atoms with Gasteiger partial charge in [0.2, 0.25) is 5.54 Å². The normalized spacial score (nSPS) is 14.5. The van der Waals surface area contributed by atoms with Gasteiger partial charge in [0.15, 0.2) is 0 Å². The minimum absolute atomic E-state index is 0.113. The van der Waals surface area contributed by atoms with E-state index in [9.17, 15) is 14.7 Å². The number of nitrogens with two attached hydrogens (primary N) is 1. The average molecular weight is 265 g/mol. The molecular weight excluding hydrogens is 246 g/mol. The number of benzene rings is 1. The molecule has 0 aliphatic carbocycles. The highest BCUT2D eigenvalue weighted by Gasteiger charge is 2.45. The van der Waals surface area contributed by atoms with Crippen molar-refractivity contribution < 1.29 is 19.4 Å². The van der Waals surface area contributed by atoms with Crippen LogP contribution in [0.15, 0.2) is 30.3 Å². The van der Waals surface area contributed by atoms with Gasteiger partial charge in [0.05, 0.1) is 0 Å². The van der Waals surface area contributed by atoms with Gasteiger partial charge in [-0.25, -0.2) is 9.59 Å². The van der Waals surface area contributed by atoms with Crippen LogP contribution in [0.4, 0.5) is 0 Å². The number of carboxylic acids is 1. The number of carbonyl (C=O) groups is 2. The number of hydrogen-bond donors (Lipinski definition) is 2. The Morgan fingerprint density at radius 1 is 1.21 bits per heavy atom. The van der Waals surface area contributed by atoms with E-state index in [2.05, 4.69) is 0 Å². The largest absolute Gasteiger partial charge is 0.479 e. The molecule has 0 bridgehead atoms. The minimum atomic E-state index is -2.07.